The summed E-state index contributed by atoms with van der Waals surface area (Å²) in [6.07, 6.45) is 2.33. The maximum absolute atomic E-state index is 12.4. The van der Waals surface area contributed by atoms with E-state index in [-0.39, 0.29) is 29.5 Å². The number of carbonyl (C=O) groups excluding carboxylic acids is 1. The van der Waals surface area contributed by atoms with E-state index in [1.54, 1.807) is 6.92 Å². The first kappa shape index (κ1) is 23.4. The zero-order chi connectivity index (χ0) is 21.8. The van der Waals surface area contributed by atoms with Gasteiger partial charge >= 0.3 is 11.9 Å². The van der Waals surface area contributed by atoms with Gasteiger partial charge < -0.3 is 9.84 Å². The molecular weight excluding hydrogens is 366 g/mol. The number of benzene rings is 1. The smallest absolute Gasteiger partial charge is 0.306 e. The Kier molecular flexibility index (Phi) is 7.50. The van der Waals surface area contributed by atoms with Gasteiger partial charge in [-0.3, -0.25) is 14.5 Å². The summed E-state index contributed by atoms with van der Waals surface area (Å²) < 4.78 is 5.89. The van der Waals surface area contributed by atoms with Crippen LogP contribution >= 0.6 is 0 Å². The molecule has 162 valence electrons. The first-order chi connectivity index (χ1) is 13.6. The number of carbonyl (C=O) groups is 2. The third-order valence-electron chi connectivity index (χ3n) is 7.29. The number of aliphatic carboxylic acids is 1. The molecule has 0 aliphatic carbocycles. The van der Waals surface area contributed by atoms with Crippen LogP contribution in [0, 0.1) is 11.8 Å². The van der Waals surface area contributed by atoms with Crippen LogP contribution < -0.4 is 0 Å². The summed E-state index contributed by atoms with van der Waals surface area (Å²) in [6, 6.07) is 10.5. The molecule has 5 nitrogen and oxygen atoms in total. The Morgan fingerprint density at radius 2 is 1.83 bits per heavy atom. The molecular formula is C24H37NO4. The Labute approximate surface area is 175 Å². The lowest BCUT2D eigenvalue weighted by Gasteiger charge is -2.60. The van der Waals surface area contributed by atoms with Gasteiger partial charge in [-0.25, -0.2) is 0 Å². The van der Waals surface area contributed by atoms with Crippen LogP contribution in [-0.2, 0) is 20.9 Å². The van der Waals surface area contributed by atoms with Gasteiger partial charge in [-0.2, -0.15) is 0 Å². The van der Waals surface area contributed by atoms with Crippen LogP contribution in [0.5, 0.6) is 0 Å². The van der Waals surface area contributed by atoms with E-state index in [9.17, 15) is 9.59 Å². The largest absolute Gasteiger partial charge is 0.481 e. The number of ether oxygens (including phenoxy) is 1. The average Bonchev–Trinajstić information content (AvgIpc) is 2.70. The lowest BCUT2D eigenvalue weighted by molar-refractivity contribution is -0.180. The highest BCUT2D eigenvalue weighted by molar-refractivity contribution is 5.78. The zero-order valence-electron chi connectivity index (χ0n) is 18.8. The minimum absolute atomic E-state index is 0.0854. The van der Waals surface area contributed by atoms with E-state index in [1.165, 1.54) is 5.56 Å². The SMILES string of the molecule is CCC1(C)CC(OC(=O)CC(C)C(=O)O)C(C)C(C)(CC)N1Cc1ccccc1. The second-order valence-corrected chi connectivity index (χ2v) is 9.10. The Bertz CT molecular complexity index is 706. The van der Waals surface area contributed by atoms with Crippen LogP contribution in [0.4, 0.5) is 0 Å². The molecule has 0 aromatic heterocycles. The first-order valence-corrected chi connectivity index (χ1v) is 10.8. The predicted octanol–water partition coefficient (Wildman–Crippen LogP) is 4.89. The van der Waals surface area contributed by atoms with Crippen molar-refractivity contribution in [2.24, 2.45) is 11.8 Å². The van der Waals surface area contributed by atoms with Gasteiger partial charge in [0, 0.05) is 30.0 Å². The van der Waals surface area contributed by atoms with E-state index in [2.05, 4.69) is 63.8 Å². The van der Waals surface area contributed by atoms with Crippen LogP contribution in [-0.4, -0.2) is 39.1 Å². The van der Waals surface area contributed by atoms with Crippen LogP contribution in [0.15, 0.2) is 30.3 Å². The second-order valence-electron chi connectivity index (χ2n) is 9.10. The first-order valence-electron chi connectivity index (χ1n) is 10.8. The van der Waals surface area contributed by atoms with Crippen molar-refractivity contribution in [1.29, 1.82) is 0 Å². The van der Waals surface area contributed by atoms with Crippen molar-refractivity contribution in [1.82, 2.24) is 4.90 Å². The molecule has 0 bridgehead atoms. The van der Waals surface area contributed by atoms with Crippen LogP contribution in [0.3, 0.4) is 0 Å². The van der Waals surface area contributed by atoms with Crippen molar-refractivity contribution in [3.05, 3.63) is 35.9 Å². The fourth-order valence-electron chi connectivity index (χ4n) is 4.67. The minimum atomic E-state index is -0.968. The van der Waals surface area contributed by atoms with Gasteiger partial charge in [0.2, 0.25) is 0 Å². The molecule has 0 amide bonds. The van der Waals surface area contributed by atoms with E-state index < -0.39 is 17.9 Å². The molecule has 1 aliphatic heterocycles. The molecule has 0 radical (unpaired) electrons. The Morgan fingerprint density at radius 1 is 1.21 bits per heavy atom. The number of esters is 1. The van der Waals surface area contributed by atoms with E-state index in [4.69, 9.17) is 9.84 Å². The maximum atomic E-state index is 12.4. The molecule has 1 aliphatic rings. The van der Waals surface area contributed by atoms with Crippen molar-refractivity contribution >= 4 is 11.9 Å². The molecule has 0 saturated carbocycles. The third-order valence-corrected chi connectivity index (χ3v) is 7.29. The van der Waals surface area contributed by atoms with Gasteiger partial charge in [-0.05, 0) is 32.3 Å². The fourth-order valence-corrected chi connectivity index (χ4v) is 4.67. The Morgan fingerprint density at radius 3 is 2.34 bits per heavy atom. The van der Waals surface area contributed by atoms with Crippen LogP contribution in [0.2, 0.25) is 0 Å². The monoisotopic (exact) mass is 403 g/mol. The highest BCUT2D eigenvalue weighted by Crippen LogP contribution is 2.47. The predicted molar refractivity (Wildman–Crippen MR) is 114 cm³/mol. The van der Waals surface area contributed by atoms with Crippen molar-refractivity contribution in [2.45, 2.75) is 91.0 Å². The number of hydrogen-bond acceptors (Lipinski definition) is 4. The second kappa shape index (κ2) is 9.29. The quantitative estimate of drug-likeness (QED) is 0.626. The number of rotatable bonds is 8. The number of carboxylic acids is 1. The minimum Gasteiger partial charge on any atom is -0.481 e. The lowest BCUT2D eigenvalue weighted by atomic mass is 9.67. The molecule has 1 N–H and O–H groups in total. The highest BCUT2D eigenvalue weighted by Gasteiger charge is 2.53. The summed E-state index contributed by atoms with van der Waals surface area (Å²) in [7, 11) is 0. The molecule has 5 heteroatoms. The standard InChI is InChI=1S/C24H37NO4/c1-7-23(5)15-20(29-21(26)14-17(3)22(27)28)18(4)24(6,8-2)25(23)16-19-12-10-9-11-13-19/h9-13,17-18,20H,7-8,14-16H2,1-6H3,(H,27,28). The van der Waals surface area contributed by atoms with Crippen molar-refractivity contribution < 1.29 is 19.4 Å². The molecule has 1 heterocycles. The summed E-state index contributed by atoms with van der Waals surface area (Å²) in [5.41, 5.74) is 1.03. The topological polar surface area (TPSA) is 66.8 Å². The van der Waals surface area contributed by atoms with E-state index >= 15 is 0 Å². The highest BCUT2D eigenvalue weighted by atomic mass is 16.5. The van der Waals surface area contributed by atoms with E-state index in [0.29, 0.717) is 0 Å². The van der Waals surface area contributed by atoms with Gasteiger partial charge in [0.25, 0.3) is 0 Å². The number of hydrogen-bond donors (Lipinski definition) is 1. The molecule has 1 aromatic rings. The fraction of sp³-hybridized carbons (Fsp3) is 0.667. The summed E-state index contributed by atoms with van der Waals surface area (Å²) in [6.45, 7) is 13.5. The molecule has 29 heavy (non-hydrogen) atoms. The summed E-state index contributed by atoms with van der Waals surface area (Å²) in [4.78, 5) is 26.1. The lowest BCUT2D eigenvalue weighted by Crippen LogP contribution is -2.67. The number of carboxylic acid groups (broad SMARTS) is 1. The van der Waals surface area contributed by atoms with Gasteiger partial charge in [0.15, 0.2) is 0 Å². The number of piperidine rings is 1. The van der Waals surface area contributed by atoms with Gasteiger partial charge in [-0.15, -0.1) is 0 Å². The van der Waals surface area contributed by atoms with E-state index in [1.807, 2.05) is 6.07 Å². The Balaban J connectivity index is 2.28. The zero-order valence-corrected chi connectivity index (χ0v) is 18.8. The van der Waals surface area contributed by atoms with Crippen LogP contribution in [0.1, 0.15) is 72.8 Å². The summed E-state index contributed by atoms with van der Waals surface area (Å²) >= 11 is 0. The molecule has 1 saturated heterocycles. The summed E-state index contributed by atoms with van der Waals surface area (Å²) in [5, 5.41) is 9.09. The van der Waals surface area contributed by atoms with Crippen LogP contribution in [0.25, 0.3) is 0 Å². The molecule has 1 aromatic carbocycles. The third kappa shape index (κ3) is 5.00. The Hall–Kier alpha value is -1.88. The molecule has 2 rings (SSSR count). The molecule has 0 spiro atoms. The van der Waals surface area contributed by atoms with Gasteiger partial charge in [-0.1, -0.05) is 58.0 Å². The van der Waals surface area contributed by atoms with Gasteiger partial charge in [0.1, 0.15) is 6.10 Å². The van der Waals surface area contributed by atoms with Crippen molar-refractivity contribution in [3.63, 3.8) is 0 Å². The van der Waals surface area contributed by atoms with Crippen molar-refractivity contribution in [3.8, 4) is 0 Å². The average molecular weight is 404 g/mol. The molecule has 5 atom stereocenters. The normalized spacial score (nSPS) is 31.2. The summed E-state index contributed by atoms with van der Waals surface area (Å²) in [5.74, 6) is -1.97. The molecule has 1 fully saturated rings. The number of nitrogens with zero attached hydrogens (tertiary/aromatic N) is 1. The maximum Gasteiger partial charge on any atom is 0.306 e. The number of likely N-dealkylation sites (tertiary alicyclic amines) is 1. The van der Waals surface area contributed by atoms with Crippen molar-refractivity contribution in [2.75, 3.05) is 0 Å². The van der Waals surface area contributed by atoms with Gasteiger partial charge in [0.05, 0.1) is 12.3 Å². The van der Waals surface area contributed by atoms with E-state index in [0.717, 1.165) is 25.8 Å². The molecule has 5 unspecified atom stereocenters.